The van der Waals surface area contributed by atoms with Crippen LogP contribution in [0.5, 0.6) is 5.75 Å². The molecule has 0 aliphatic rings. The van der Waals surface area contributed by atoms with Gasteiger partial charge in [0.05, 0.1) is 5.75 Å². The first-order valence-electron chi connectivity index (χ1n) is 7.53. The Hall–Kier alpha value is -1.78. The molecule has 0 aliphatic heterocycles. The molecule has 10 heteroatoms. The molecular formula is C15H22N2O6S2. The molecule has 8 nitrogen and oxygen atoms in total. The minimum Gasteiger partial charge on any atom is -0.508 e. The van der Waals surface area contributed by atoms with Gasteiger partial charge in [0.25, 0.3) is 10.1 Å². The zero-order valence-corrected chi connectivity index (χ0v) is 15.4. The SMILES string of the molecule is CC(=O)NC(CSCCS(=O)(=O)O)C(=O)NCCc1ccc(O)cc1. The van der Waals surface area contributed by atoms with E-state index in [1.165, 1.54) is 6.92 Å². The molecule has 0 saturated carbocycles. The number of nitrogens with one attached hydrogen (secondary N) is 2. The number of aromatic hydroxyl groups is 1. The van der Waals surface area contributed by atoms with Gasteiger partial charge >= 0.3 is 0 Å². The molecule has 0 bridgehead atoms. The number of phenols is 1. The fraction of sp³-hybridized carbons (Fsp3) is 0.467. The molecule has 1 rings (SSSR count). The molecule has 4 N–H and O–H groups in total. The lowest BCUT2D eigenvalue weighted by atomic mass is 10.1. The van der Waals surface area contributed by atoms with Crippen LogP contribution in [0.25, 0.3) is 0 Å². The zero-order chi connectivity index (χ0) is 18.9. The first-order valence-corrected chi connectivity index (χ1v) is 10.3. The number of benzene rings is 1. The maximum absolute atomic E-state index is 12.2. The third-order valence-corrected chi connectivity index (χ3v) is 5.15. The van der Waals surface area contributed by atoms with Crippen molar-refractivity contribution in [3.63, 3.8) is 0 Å². The minimum atomic E-state index is -4.04. The predicted molar refractivity (Wildman–Crippen MR) is 96.2 cm³/mol. The Labute approximate surface area is 151 Å². The van der Waals surface area contributed by atoms with Crippen LogP contribution in [0.2, 0.25) is 0 Å². The first-order chi connectivity index (χ1) is 11.7. The molecule has 0 aromatic heterocycles. The van der Waals surface area contributed by atoms with Gasteiger partial charge in [-0.25, -0.2) is 0 Å². The monoisotopic (exact) mass is 390 g/mol. The lowest BCUT2D eigenvalue weighted by Crippen LogP contribution is -2.48. The second-order valence-corrected chi connectivity index (χ2v) is 8.04. The van der Waals surface area contributed by atoms with E-state index in [0.717, 1.165) is 17.3 Å². The molecule has 2 amide bonds. The van der Waals surface area contributed by atoms with Crippen LogP contribution in [0, 0.1) is 0 Å². The van der Waals surface area contributed by atoms with Crippen LogP contribution in [0.3, 0.4) is 0 Å². The van der Waals surface area contributed by atoms with Crippen LogP contribution < -0.4 is 10.6 Å². The summed E-state index contributed by atoms with van der Waals surface area (Å²) in [5.74, 6) is -0.661. The van der Waals surface area contributed by atoms with Crippen molar-refractivity contribution in [2.45, 2.75) is 19.4 Å². The predicted octanol–water partition coefficient (Wildman–Crippen LogP) is 0.177. The topological polar surface area (TPSA) is 133 Å². The molecule has 0 saturated heterocycles. The van der Waals surface area contributed by atoms with E-state index in [0.29, 0.717) is 13.0 Å². The smallest absolute Gasteiger partial charge is 0.265 e. The van der Waals surface area contributed by atoms with Crippen molar-refractivity contribution >= 4 is 33.7 Å². The summed E-state index contributed by atoms with van der Waals surface area (Å²) in [5.41, 5.74) is 0.941. The number of amides is 2. The van der Waals surface area contributed by atoms with E-state index in [1.54, 1.807) is 24.3 Å². The Morgan fingerprint density at radius 1 is 1.24 bits per heavy atom. The van der Waals surface area contributed by atoms with Gasteiger partial charge in [-0.05, 0) is 24.1 Å². The first kappa shape index (κ1) is 21.3. The van der Waals surface area contributed by atoms with Crippen LogP contribution in [-0.2, 0) is 26.1 Å². The fourth-order valence-electron chi connectivity index (χ4n) is 1.91. The summed E-state index contributed by atoms with van der Waals surface area (Å²) in [4.78, 5) is 23.4. The maximum atomic E-state index is 12.2. The second-order valence-electron chi connectivity index (χ2n) is 5.32. The van der Waals surface area contributed by atoms with Gasteiger partial charge < -0.3 is 15.7 Å². The molecule has 0 fully saturated rings. The molecule has 1 atom stereocenters. The van der Waals surface area contributed by atoms with E-state index in [1.807, 2.05) is 0 Å². The van der Waals surface area contributed by atoms with Crippen LogP contribution in [0.1, 0.15) is 12.5 Å². The van der Waals surface area contributed by atoms with Gasteiger partial charge in [-0.1, -0.05) is 12.1 Å². The quantitative estimate of drug-likeness (QED) is 0.331. The number of carbonyl (C=O) groups excluding carboxylic acids is 2. The van der Waals surface area contributed by atoms with E-state index in [-0.39, 0.29) is 29.1 Å². The Morgan fingerprint density at radius 2 is 1.88 bits per heavy atom. The Balaban J connectivity index is 2.43. The largest absolute Gasteiger partial charge is 0.508 e. The molecule has 1 aromatic rings. The lowest BCUT2D eigenvalue weighted by Gasteiger charge is -2.17. The van der Waals surface area contributed by atoms with Gasteiger partial charge in [0.15, 0.2) is 0 Å². The van der Waals surface area contributed by atoms with E-state index < -0.39 is 21.9 Å². The standard InChI is InChI=1S/C15H22N2O6S2/c1-11(18)17-14(10-24-8-9-25(21,22)23)15(20)16-7-6-12-2-4-13(19)5-3-12/h2-5,14,19H,6-10H2,1H3,(H,16,20)(H,17,18)(H,21,22,23). The highest BCUT2D eigenvalue weighted by atomic mass is 32.2. The van der Waals surface area contributed by atoms with Crippen LogP contribution in [-0.4, -0.2) is 59.7 Å². The normalized spacial score (nSPS) is 12.4. The third-order valence-electron chi connectivity index (χ3n) is 3.11. The van der Waals surface area contributed by atoms with Gasteiger partial charge in [-0.2, -0.15) is 20.2 Å². The highest BCUT2D eigenvalue weighted by Gasteiger charge is 2.19. The average molecular weight is 390 g/mol. The zero-order valence-electron chi connectivity index (χ0n) is 13.8. The number of hydrogen-bond acceptors (Lipinski definition) is 6. The highest BCUT2D eigenvalue weighted by molar-refractivity contribution is 8.00. The summed E-state index contributed by atoms with van der Waals surface area (Å²) >= 11 is 1.15. The van der Waals surface area contributed by atoms with Gasteiger partial charge in [-0.3, -0.25) is 14.1 Å². The van der Waals surface area contributed by atoms with Crippen LogP contribution >= 0.6 is 11.8 Å². The highest BCUT2D eigenvalue weighted by Crippen LogP contribution is 2.10. The van der Waals surface area contributed by atoms with Crippen molar-refractivity contribution in [2.75, 3.05) is 23.8 Å². The van der Waals surface area contributed by atoms with Crippen LogP contribution in [0.4, 0.5) is 0 Å². The summed E-state index contributed by atoms with van der Waals surface area (Å²) in [7, 11) is -4.04. The Morgan fingerprint density at radius 3 is 2.44 bits per heavy atom. The number of thioether (sulfide) groups is 1. The second kappa shape index (κ2) is 10.3. The third kappa shape index (κ3) is 9.95. The Bertz CT molecular complexity index is 676. The van der Waals surface area contributed by atoms with Gasteiger partial charge in [-0.15, -0.1) is 0 Å². The number of rotatable bonds is 10. The summed E-state index contributed by atoms with van der Waals surface area (Å²) in [6.45, 7) is 1.65. The van der Waals surface area contributed by atoms with Gasteiger partial charge in [0.2, 0.25) is 11.8 Å². The van der Waals surface area contributed by atoms with E-state index in [4.69, 9.17) is 4.55 Å². The summed E-state index contributed by atoms with van der Waals surface area (Å²) in [5, 5.41) is 14.4. The van der Waals surface area contributed by atoms with Crippen molar-refractivity contribution in [1.82, 2.24) is 10.6 Å². The lowest BCUT2D eigenvalue weighted by molar-refractivity contribution is -0.127. The molecule has 25 heavy (non-hydrogen) atoms. The molecule has 1 aromatic carbocycles. The summed E-state index contributed by atoms with van der Waals surface area (Å²) in [6.07, 6.45) is 0.564. The fourth-order valence-corrected chi connectivity index (χ4v) is 3.86. The minimum absolute atomic E-state index is 0.121. The van der Waals surface area contributed by atoms with Crippen molar-refractivity contribution in [1.29, 1.82) is 0 Å². The van der Waals surface area contributed by atoms with Gasteiger partial charge in [0, 0.05) is 25.0 Å². The molecule has 0 aliphatic carbocycles. The number of carbonyl (C=O) groups is 2. The molecular weight excluding hydrogens is 368 g/mol. The summed E-state index contributed by atoms with van der Waals surface area (Å²) in [6, 6.07) is 5.83. The maximum Gasteiger partial charge on any atom is 0.265 e. The molecule has 0 spiro atoms. The Kier molecular flexibility index (Phi) is 8.73. The molecule has 0 radical (unpaired) electrons. The van der Waals surface area contributed by atoms with Crippen molar-refractivity contribution in [2.24, 2.45) is 0 Å². The molecule has 140 valence electrons. The van der Waals surface area contributed by atoms with Crippen molar-refractivity contribution in [3.05, 3.63) is 29.8 Å². The van der Waals surface area contributed by atoms with Gasteiger partial charge in [0.1, 0.15) is 11.8 Å². The summed E-state index contributed by atoms with van der Waals surface area (Å²) < 4.78 is 30.0. The molecule has 1 unspecified atom stereocenters. The van der Waals surface area contributed by atoms with Crippen molar-refractivity contribution < 1.29 is 27.7 Å². The van der Waals surface area contributed by atoms with E-state index in [2.05, 4.69) is 10.6 Å². The number of phenolic OH excluding ortho intramolecular Hbond substituents is 1. The van der Waals surface area contributed by atoms with Crippen molar-refractivity contribution in [3.8, 4) is 5.75 Å². The number of hydrogen-bond donors (Lipinski definition) is 4. The van der Waals surface area contributed by atoms with Crippen LogP contribution in [0.15, 0.2) is 24.3 Å². The van der Waals surface area contributed by atoms with E-state index >= 15 is 0 Å². The average Bonchev–Trinajstić information content (AvgIpc) is 2.51. The molecule has 0 heterocycles. The van der Waals surface area contributed by atoms with E-state index in [9.17, 15) is 23.1 Å².